The first-order valence-corrected chi connectivity index (χ1v) is 8.55. The Balaban J connectivity index is 1.51. The highest BCUT2D eigenvalue weighted by molar-refractivity contribution is 5.78. The predicted molar refractivity (Wildman–Crippen MR) is 91.7 cm³/mol. The number of nitrogens with two attached hydrogens (primary N) is 1. The molecule has 0 unspecified atom stereocenters. The predicted octanol–water partition coefficient (Wildman–Crippen LogP) is 2.58. The van der Waals surface area contributed by atoms with Gasteiger partial charge in [0.25, 0.3) is 0 Å². The number of nitrogens with zero attached hydrogens (tertiary/aromatic N) is 3. The Labute approximate surface area is 134 Å². The minimum atomic E-state index is 0.621. The molecule has 1 aromatic carbocycles. The zero-order valence-corrected chi connectivity index (χ0v) is 13.7. The number of likely N-dealkylation sites (tertiary alicyclic amines) is 1. The van der Waals surface area contributed by atoms with Gasteiger partial charge in [-0.05, 0) is 49.9 Å². The van der Waals surface area contributed by atoms with Crippen molar-refractivity contribution in [1.82, 2.24) is 9.80 Å². The first kappa shape index (κ1) is 15.3. The molecule has 3 rings (SSSR count). The SMILES string of the molecule is CN(C(N)=NCc1ccc(CN2CCCCC2)cc1)C1CC1. The largest absolute Gasteiger partial charge is 0.370 e. The minimum Gasteiger partial charge on any atom is -0.370 e. The number of guanidine groups is 1. The van der Waals surface area contributed by atoms with Gasteiger partial charge < -0.3 is 10.6 Å². The fraction of sp³-hybridized carbons (Fsp3) is 0.611. The molecule has 0 aromatic heterocycles. The number of hydrogen-bond acceptors (Lipinski definition) is 2. The maximum atomic E-state index is 6.03. The zero-order chi connectivity index (χ0) is 15.4. The number of piperidine rings is 1. The molecule has 120 valence electrons. The van der Waals surface area contributed by atoms with E-state index in [1.807, 2.05) is 7.05 Å². The van der Waals surface area contributed by atoms with Crippen LogP contribution in [0.5, 0.6) is 0 Å². The molecule has 0 radical (unpaired) electrons. The Morgan fingerprint density at radius 2 is 1.77 bits per heavy atom. The lowest BCUT2D eigenvalue weighted by molar-refractivity contribution is 0.221. The highest BCUT2D eigenvalue weighted by Crippen LogP contribution is 2.25. The molecular weight excluding hydrogens is 272 g/mol. The zero-order valence-electron chi connectivity index (χ0n) is 13.7. The Hall–Kier alpha value is -1.55. The monoisotopic (exact) mass is 300 g/mol. The van der Waals surface area contributed by atoms with E-state index in [4.69, 9.17) is 5.73 Å². The summed E-state index contributed by atoms with van der Waals surface area (Å²) in [7, 11) is 2.04. The molecule has 1 aromatic rings. The van der Waals surface area contributed by atoms with E-state index < -0.39 is 0 Å². The fourth-order valence-corrected chi connectivity index (χ4v) is 3.06. The first-order valence-electron chi connectivity index (χ1n) is 8.55. The van der Waals surface area contributed by atoms with Crippen LogP contribution in [0.4, 0.5) is 0 Å². The van der Waals surface area contributed by atoms with Crippen molar-refractivity contribution in [2.45, 2.75) is 51.2 Å². The van der Waals surface area contributed by atoms with Crippen molar-refractivity contribution in [1.29, 1.82) is 0 Å². The third-order valence-corrected chi connectivity index (χ3v) is 4.76. The lowest BCUT2D eigenvalue weighted by atomic mass is 10.1. The van der Waals surface area contributed by atoms with Gasteiger partial charge in [-0.1, -0.05) is 30.7 Å². The Bertz CT molecular complexity index is 498. The number of benzene rings is 1. The van der Waals surface area contributed by atoms with Gasteiger partial charge in [-0.15, -0.1) is 0 Å². The van der Waals surface area contributed by atoms with E-state index in [1.165, 1.54) is 56.3 Å². The highest BCUT2D eigenvalue weighted by Gasteiger charge is 2.27. The molecule has 1 saturated carbocycles. The Morgan fingerprint density at radius 1 is 1.14 bits per heavy atom. The average Bonchev–Trinajstić information content (AvgIpc) is 3.39. The van der Waals surface area contributed by atoms with E-state index in [9.17, 15) is 0 Å². The van der Waals surface area contributed by atoms with Gasteiger partial charge in [-0.25, -0.2) is 4.99 Å². The van der Waals surface area contributed by atoms with Crippen LogP contribution in [-0.4, -0.2) is 41.9 Å². The lowest BCUT2D eigenvalue weighted by Gasteiger charge is -2.26. The number of aliphatic imine (C=N–C) groups is 1. The van der Waals surface area contributed by atoms with Gasteiger partial charge in [0.1, 0.15) is 0 Å². The summed E-state index contributed by atoms with van der Waals surface area (Å²) in [5.41, 5.74) is 8.66. The van der Waals surface area contributed by atoms with E-state index in [1.54, 1.807) is 0 Å². The topological polar surface area (TPSA) is 44.9 Å². The molecular formula is C18H28N4. The molecule has 4 heteroatoms. The van der Waals surface area contributed by atoms with Crippen LogP contribution in [0.1, 0.15) is 43.2 Å². The summed E-state index contributed by atoms with van der Waals surface area (Å²) in [5.74, 6) is 0.667. The molecule has 2 N–H and O–H groups in total. The summed E-state index contributed by atoms with van der Waals surface area (Å²) in [4.78, 5) is 9.17. The minimum absolute atomic E-state index is 0.621. The van der Waals surface area contributed by atoms with Crippen molar-refractivity contribution in [3.05, 3.63) is 35.4 Å². The van der Waals surface area contributed by atoms with Gasteiger partial charge in [-0.3, -0.25) is 4.90 Å². The fourth-order valence-electron chi connectivity index (χ4n) is 3.06. The number of hydrogen-bond donors (Lipinski definition) is 1. The van der Waals surface area contributed by atoms with Crippen molar-refractivity contribution >= 4 is 5.96 Å². The average molecular weight is 300 g/mol. The van der Waals surface area contributed by atoms with Crippen molar-refractivity contribution in [3.8, 4) is 0 Å². The highest BCUT2D eigenvalue weighted by atomic mass is 15.3. The van der Waals surface area contributed by atoms with Crippen molar-refractivity contribution in [2.75, 3.05) is 20.1 Å². The Kier molecular flexibility index (Phi) is 4.98. The van der Waals surface area contributed by atoms with Gasteiger partial charge in [0.05, 0.1) is 6.54 Å². The smallest absolute Gasteiger partial charge is 0.191 e. The van der Waals surface area contributed by atoms with Gasteiger partial charge in [-0.2, -0.15) is 0 Å². The van der Waals surface area contributed by atoms with E-state index in [-0.39, 0.29) is 0 Å². The van der Waals surface area contributed by atoms with Crippen LogP contribution in [0.15, 0.2) is 29.3 Å². The van der Waals surface area contributed by atoms with Crippen LogP contribution in [-0.2, 0) is 13.1 Å². The third-order valence-electron chi connectivity index (χ3n) is 4.76. The first-order chi connectivity index (χ1) is 10.7. The number of rotatable bonds is 5. The van der Waals surface area contributed by atoms with E-state index in [2.05, 4.69) is 39.1 Å². The molecule has 1 saturated heterocycles. The van der Waals surface area contributed by atoms with E-state index in [0.717, 1.165) is 6.54 Å². The second-order valence-electron chi connectivity index (χ2n) is 6.67. The van der Waals surface area contributed by atoms with Crippen LogP contribution in [0.2, 0.25) is 0 Å². The molecule has 22 heavy (non-hydrogen) atoms. The second-order valence-corrected chi connectivity index (χ2v) is 6.67. The van der Waals surface area contributed by atoms with Crippen LogP contribution < -0.4 is 5.73 Å². The summed E-state index contributed by atoms with van der Waals surface area (Å²) in [6, 6.07) is 9.47. The van der Waals surface area contributed by atoms with E-state index >= 15 is 0 Å². The van der Waals surface area contributed by atoms with Crippen LogP contribution >= 0.6 is 0 Å². The van der Waals surface area contributed by atoms with Crippen molar-refractivity contribution in [3.63, 3.8) is 0 Å². The van der Waals surface area contributed by atoms with Crippen LogP contribution in [0.3, 0.4) is 0 Å². The van der Waals surface area contributed by atoms with Crippen molar-refractivity contribution in [2.24, 2.45) is 10.7 Å². The quantitative estimate of drug-likeness (QED) is 0.671. The van der Waals surface area contributed by atoms with Crippen LogP contribution in [0.25, 0.3) is 0 Å². The molecule has 2 aliphatic rings. The normalized spacial score (nSPS) is 20.1. The summed E-state index contributed by atoms with van der Waals surface area (Å²) in [6.45, 7) is 4.25. The molecule has 0 spiro atoms. The molecule has 2 fully saturated rings. The van der Waals surface area contributed by atoms with E-state index in [0.29, 0.717) is 18.5 Å². The summed E-state index contributed by atoms with van der Waals surface area (Å²) in [5, 5.41) is 0. The maximum absolute atomic E-state index is 6.03. The standard InChI is InChI=1S/C18H28N4/c1-21(17-9-10-17)18(19)20-13-15-5-7-16(8-6-15)14-22-11-3-2-4-12-22/h5-8,17H,2-4,9-14H2,1H3,(H2,19,20). The Morgan fingerprint density at radius 3 is 2.41 bits per heavy atom. The molecule has 4 nitrogen and oxygen atoms in total. The maximum Gasteiger partial charge on any atom is 0.191 e. The summed E-state index contributed by atoms with van der Waals surface area (Å²) >= 11 is 0. The molecule has 1 aliphatic heterocycles. The molecule has 0 bridgehead atoms. The van der Waals surface area contributed by atoms with Gasteiger partial charge in [0.15, 0.2) is 5.96 Å². The van der Waals surface area contributed by atoms with Crippen molar-refractivity contribution < 1.29 is 0 Å². The summed E-state index contributed by atoms with van der Waals surface area (Å²) in [6.07, 6.45) is 6.58. The van der Waals surface area contributed by atoms with Gasteiger partial charge in [0.2, 0.25) is 0 Å². The molecule has 1 aliphatic carbocycles. The third kappa shape index (κ3) is 4.23. The molecule has 1 heterocycles. The van der Waals surface area contributed by atoms with Crippen LogP contribution in [0, 0.1) is 0 Å². The molecule has 0 amide bonds. The van der Waals surface area contributed by atoms with Gasteiger partial charge in [0, 0.05) is 19.6 Å². The summed E-state index contributed by atoms with van der Waals surface area (Å²) < 4.78 is 0. The molecule has 0 atom stereocenters. The van der Waals surface area contributed by atoms with Gasteiger partial charge >= 0.3 is 0 Å². The second kappa shape index (κ2) is 7.14. The lowest BCUT2D eigenvalue weighted by Crippen LogP contribution is -2.35.